The van der Waals surface area contributed by atoms with Crippen molar-refractivity contribution < 1.29 is 9.47 Å². The molecule has 0 saturated carbocycles. The van der Waals surface area contributed by atoms with Crippen molar-refractivity contribution in [2.45, 2.75) is 19.9 Å². The molecule has 0 saturated heterocycles. The molecule has 3 aromatic rings. The summed E-state index contributed by atoms with van der Waals surface area (Å²) in [5.41, 5.74) is 2.20. The van der Waals surface area contributed by atoms with Gasteiger partial charge in [0.1, 0.15) is 0 Å². The molecule has 1 aromatic carbocycles. The monoisotopic (exact) mass is 542 g/mol. The Morgan fingerprint density at radius 1 is 1.17 bits per heavy atom. The van der Waals surface area contributed by atoms with E-state index in [1.165, 1.54) is 9.75 Å². The molecule has 1 aliphatic heterocycles. The lowest BCUT2D eigenvalue weighted by molar-refractivity contribution is 0.174. The number of aliphatic imine (C=N–C) groups is 1. The van der Waals surface area contributed by atoms with Gasteiger partial charge in [0.25, 0.3) is 0 Å². The second-order valence-electron chi connectivity index (χ2n) is 6.31. The molecule has 9 heteroatoms. The standard InChI is InChI=1S/C20H22N4O2S2.HI/c1-13-24-16(11-27-13)19-6-4-15(28-19)7-8-22-20(21-2)23-10-14-3-5-17-18(9-14)26-12-25-17;/h3-6,9,11H,7-8,10,12H2,1-2H3,(H2,21,22,23);1H. The lowest BCUT2D eigenvalue weighted by Gasteiger charge is -2.12. The van der Waals surface area contributed by atoms with Crippen LogP contribution in [0.4, 0.5) is 0 Å². The first-order valence-electron chi connectivity index (χ1n) is 9.05. The van der Waals surface area contributed by atoms with Gasteiger partial charge in [-0.3, -0.25) is 4.99 Å². The Hall–Kier alpha value is -1.85. The summed E-state index contributed by atoms with van der Waals surface area (Å²) in [7, 11) is 1.78. The molecule has 29 heavy (non-hydrogen) atoms. The number of guanidine groups is 1. The van der Waals surface area contributed by atoms with Crippen LogP contribution in [0.25, 0.3) is 10.6 Å². The van der Waals surface area contributed by atoms with E-state index in [0.717, 1.165) is 46.7 Å². The summed E-state index contributed by atoms with van der Waals surface area (Å²) in [6, 6.07) is 10.3. The molecule has 0 unspecified atom stereocenters. The molecule has 6 nitrogen and oxygen atoms in total. The number of hydrogen-bond donors (Lipinski definition) is 2. The zero-order chi connectivity index (χ0) is 19.3. The highest BCUT2D eigenvalue weighted by Crippen LogP contribution is 2.32. The van der Waals surface area contributed by atoms with E-state index < -0.39 is 0 Å². The summed E-state index contributed by atoms with van der Waals surface area (Å²) in [5, 5.41) is 9.92. The fourth-order valence-electron chi connectivity index (χ4n) is 2.89. The first kappa shape index (κ1) is 21.8. The first-order valence-corrected chi connectivity index (χ1v) is 10.7. The molecule has 0 radical (unpaired) electrons. The number of nitrogens with one attached hydrogen (secondary N) is 2. The van der Waals surface area contributed by atoms with Crippen LogP contribution in [0.15, 0.2) is 40.7 Å². The minimum atomic E-state index is 0. The van der Waals surface area contributed by atoms with Crippen LogP contribution in [-0.2, 0) is 13.0 Å². The molecule has 0 fully saturated rings. The lowest BCUT2D eigenvalue weighted by atomic mass is 10.2. The number of thiophene rings is 1. The third-order valence-corrected chi connectivity index (χ3v) is 6.26. The number of rotatable bonds is 6. The summed E-state index contributed by atoms with van der Waals surface area (Å²) in [6.45, 7) is 3.82. The van der Waals surface area contributed by atoms with Crippen molar-refractivity contribution in [3.05, 3.63) is 51.2 Å². The van der Waals surface area contributed by atoms with E-state index >= 15 is 0 Å². The average molecular weight is 542 g/mol. The van der Waals surface area contributed by atoms with Gasteiger partial charge in [-0.1, -0.05) is 6.07 Å². The third kappa shape index (κ3) is 5.61. The maximum atomic E-state index is 5.42. The maximum Gasteiger partial charge on any atom is 0.231 e. The number of benzene rings is 1. The zero-order valence-corrected chi connectivity index (χ0v) is 20.2. The normalized spacial score (nSPS) is 12.6. The Bertz CT molecular complexity index is 987. The van der Waals surface area contributed by atoms with E-state index in [2.05, 4.69) is 38.1 Å². The Morgan fingerprint density at radius 3 is 2.83 bits per heavy atom. The summed E-state index contributed by atoms with van der Waals surface area (Å²) in [6.07, 6.45) is 0.943. The third-order valence-electron chi connectivity index (χ3n) is 4.32. The molecule has 2 aromatic heterocycles. The van der Waals surface area contributed by atoms with Crippen LogP contribution < -0.4 is 20.1 Å². The highest BCUT2D eigenvalue weighted by Gasteiger charge is 2.13. The second-order valence-corrected chi connectivity index (χ2v) is 8.54. The number of aryl methyl sites for hydroxylation is 1. The Labute approximate surface area is 195 Å². The Balaban J connectivity index is 0.00000240. The molecular formula is C20H23IN4O2S2. The predicted molar refractivity (Wildman–Crippen MR) is 130 cm³/mol. The zero-order valence-electron chi connectivity index (χ0n) is 16.2. The van der Waals surface area contributed by atoms with Crippen LogP contribution in [0.3, 0.4) is 0 Å². The molecule has 0 bridgehead atoms. The van der Waals surface area contributed by atoms with E-state index in [9.17, 15) is 0 Å². The van der Waals surface area contributed by atoms with Gasteiger partial charge in [-0.25, -0.2) is 4.98 Å². The molecule has 3 heterocycles. The summed E-state index contributed by atoms with van der Waals surface area (Å²) >= 11 is 3.49. The lowest BCUT2D eigenvalue weighted by Crippen LogP contribution is -2.37. The summed E-state index contributed by atoms with van der Waals surface area (Å²) in [5.74, 6) is 2.38. The van der Waals surface area contributed by atoms with Crippen LogP contribution >= 0.6 is 46.7 Å². The first-order chi connectivity index (χ1) is 13.7. The van der Waals surface area contributed by atoms with Crippen LogP contribution in [0.5, 0.6) is 11.5 Å². The van der Waals surface area contributed by atoms with Crippen molar-refractivity contribution in [3.63, 3.8) is 0 Å². The molecular weight excluding hydrogens is 519 g/mol. The van der Waals surface area contributed by atoms with Gasteiger partial charge in [0.05, 0.1) is 15.6 Å². The van der Waals surface area contributed by atoms with Crippen molar-refractivity contribution in [1.82, 2.24) is 15.6 Å². The van der Waals surface area contributed by atoms with Crippen LogP contribution in [0.2, 0.25) is 0 Å². The molecule has 2 N–H and O–H groups in total. The number of hydrogen-bond acceptors (Lipinski definition) is 6. The van der Waals surface area contributed by atoms with Gasteiger partial charge >= 0.3 is 0 Å². The highest BCUT2D eigenvalue weighted by atomic mass is 127. The Kier molecular flexibility index (Phi) is 7.73. The molecule has 0 aliphatic carbocycles. The van der Waals surface area contributed by atoms with E-state index in [1.807, 2.05) is 25.1 Å². The number of fused-ring (bicyclic) bond motifs is 1. The average Bonchev–Trinajstić information content (AvgIpc) is 3.44. The molecule has 154 valence electrons. The molecule has 0 atom stereocenters. The quantitative estimate of drug-likeness (QED) is 0.274. The predicted octanol–water partition coefficient (Wildman–Crippen LogP) is 4.43. The molecule has 0 spiro atoms. The topological polar surface area (TPSA) is 67.8 Å². The maximum absolute atomic E-state index is 5.42. The second kappa shape index (κ2) is 10.3. The summed E-state index contributed by atoms with van der Waals surface area (Å²) < 4.78 is 10.8. The number of thiazole rings is 1. The van der Waals surface area contributed by atoms with Crippen molar-refractivity contribution in [1.29, 1.82) is 0 Å². The van der Waals surface area contributed by atoms with Crippen LogP contribution in [0.1, 0.15) is 15.4 Å². The molecule has 0 amide bonds. The molecule has 1 aliphatic rings. The van der Waals surface area contributed by atoms with E-state index in [0.29, 0.717) is 13.3 Å². The number of nitrogens with zero attached hydrogens (tertiary/aromatic N) is 2. The number of halogens is 1. The fourth-order valence-corrected chi connectivity index (χ4v) is 4.54. The Morgan fingerprint density at radius 2 is 2.03 bits per heavy atom. The van der Waals surface area contributed by atoms with Crippen molar-refractivity contribution >= 4 is 52.6 Å². The van der Waals surface area contributed by atoms with Crippen LogP contribution in [-0.4, -0.2) is 31.3 Å². The minimum Gasteiger partial charge on any atom is -0.454 e. The van der Waals surface area contributed by atoms with E-state index in [-0.39, 0.29) is 24.0 Å². The van der Waals surface area contributed by atoms with Crippen molar-refractivity contribution in [3.8, 4) is 22.1 Å². The smallest absolute Gasteiger partial charge is 0.231 e. The number of aromatic nitrogens is 1. The van der Waals surface area contributed by atoms with Gasteiger partial charge in [0.2, 0.25) is 6.79 Å². The van der Waals surface area contributed by atoms with Gasteiger partial charge < -0.3 is 20.1 Å². The van der Waals surface area contributed by atoms with E-state index in [1.54, 1.807) is 29.7 Å². The van der Waals surface area contributed by atoms with Gasteiger partial charge in [0.15, 0.2) is 17.5 Å². The number of ether oxygens (including phenoxy) is 2. The van der Waals surface area contributed by atoms with Gasteiger partial charge in [-0.2, -0.15) is 0 Å². The van der Waals surface area contributed by atoms with Crippen molar-refractivity contribution in [2.24, 2.45) is 4.99 Å². The largest absolute Gasteiger partial charge is 0.454 e. The van der Waals surface area contributed by atoms with Crippen LogP contribution in [0, 0.1) is 6.92 Å². The minimum absolute atomic E-state index is 0. The van der Waals surface area contributed by atoms with Gasteiger partial charge in [-0.15, -0.1) is 46.7 Å². The van der Waals surface area contributed by atoms with E-state index in [4.69, 9.17) is 9.47 Å². The SMILES string of the molecule is CN=C(NCCc1ccc(-c2csc(C)n2)s1)NCc1ccc2c(c1)OCO2.I. The van der Waals surface area contributed by atoms with Gasteiger partial charge in [0, 0.05) is 30.4 Å². The van der Waals surface area contributed by atoms with Crippen molar-refractivity contribution in [2.75, 3.05) is 20.4 Å². The van der Waals surface area contributed by atoms with Gasteiger partial charge in [-0.05, 0) is 43.2 Å². The fraction of sp³-hybridized carbons (Fsp3) is 0.300. The highest BCUT2D eigenvalue weighted by molar-refractivity contribution is 14.0. The molecule has 4 rings (SSSR count). The summed E-state index contributed by atoms with van der Waals surface area (Å²) in [4.78, 5) is 11.4.